The highest BCUT2D eigenvalue weighted by Gasteiger charge is 2.20. The molecule has 0 heterocycles. The molecule has 0 amide bonds. The lowest BCUT2D eigenvalue weighted by Gasteiger charge is -2.15. The number of carbonyl (C=O) groups excluding carboxylic acids is 1. The van der Waals surface area contributed by atoms with Crippen LogP contribution in [0.4, 0.5) is 0 Å². The number of thioether (sulfide) groups is 1. The fourth-order valence-corrected chi connectivity index (χ4v) is 1.39. The zero-order valence-corrected chi connectivity index (χ0v) is 8.55. The molecule has 0 rings (SSSR count). The van der Waals surface area contributed by atoms with Gasteiger partial charge in [0.15, 0.2) is 5.12 Å². The van der Waals surface area contributed by atoms with Crippen LogP contribution in [0.3, 0.4) is 0 Å². The van der Waals surface area contributed by atoms with Crippen LogP contribution in [0.2, 0.25) is 0 Å². The van der Waals surface area contributed by atoms with E-state index in [4.69, 9.17) is 0 Å². The van der Waals surface area contributed by atoms with Crippen molar-refractivity contribution in [2.75, 3.05) is 19.3 Å². The molecule has 2 nitrogen and oxygen atoms in total. The van der Waals surface area contributed by atoms with Gasteiger partial charge in [0.25, 0.3) is 0 Å². The highest BCUT2D eigenvalue weighted by molar-refractivity contribution is 8.13. The molecule has 0 unspecified atom stereocenters. The average molecular weight is 175 g/mol. The van der Waals surface area contributed by atoms with Gasteiger partial charge in [0.2, 0.25) is 0 Å². The Morgan fingerprint density at radius 1 is 1.45 bits per heavy atom. The van der Waals surface area contributed by atoms with Gasteiger partial charge in [0, 0.05) is 17.7 Å². The van der Waals surface area contributed by atoms with Crippen LogP contribution >= 0.6 is 11.8 Å². The largest absolute Gasteiger partial charge is 0.319 e. The quantitative estimate of drug-likeness (QED) is 0.659. The molecular weight excluding hydrogens is 158 g/mol. The summed E-state index contributed by atoms with van der Waals surface area (Å²) in [5, 5.41) is 3.27. The minimum atomic E-state index is -0.196. The number of carbonyl (C=O) groups is 1. The summed E-state index contributed by atoms with van der Waals surface area (Å²) in [4.78, 5) is 11.3. The second-order valence-corrected chi connectivity index (χ2v) is 4.56. The van der Waals surface area contributed by atoms with Gasteiger partial charge >= 0.3 is 0 Å². The summed E-state index contributed by atoms with van der Waals surface area (Å²) >= 11 is 1.41. The second kappa shape index (κ2) is 4.78. The van der Waals surface area contributed by atoms with E-state index in [2.05, 4.69) is 5.32 Å². The van der Waals surface area contributed by atoms with Gasteiger partial charge in [-0.05, 0) is 7.05 Å². The third kappa shape index (κ3) is 5.27. The minimum Gasteiger partial charge on any atom is -0.319 e. The van der Waals surface area contributed by atoms with Gasteiger partial charge in [0.1, 0.15) is 0 Å². The van der Waals surface area contributed by atoms with Crippen LogP contribution in [0, 0.1) is 5.41 Å². The van der Waals surface area contributed by atoms with Gasteiger partial charge in [-0.3, -0.25) is 4.79 Å². The van der Waals surface area contributed by atoms with E-state index in [9.17, 15) is 4.79 Å². The number of hydrogen-bond acceptors (Lipinski definition) is 3. The topological polar surface area (TPSA) is 29.1 Å². The molecule has 0 spiro atoms. The summed E-state index contributed by atoms with van der Waals surface area (Å²) in [6.45, 7) is 6.73. The SMILES string of the molecule is CNCCSC(=O)C(C)(C)C. The van der Waals surface area contributed by atoms with E-state index in [0.29, 0.717) is 0 Å². The Morgan fingerprint density at radius 2 is 2.00 bits per heavy atom. The second-order valence-electron chi connectivity index (χ2n) is 3.49. The first-order valence-corrected chi connectivity index (χ1v) is 4.79. The molecule has 0 bridgehead atoms. The lowest BCUT2D eigenvalue weighted by Crippen LogP contribution is -2.19. The first kappa shape index (κ1) is 11.0. The van der Waals surface area contributed by atoms with Crippen LogP contribution in [-0.2, 0) is 4.79 Å². The van der Waals surface area contributed by atoms with Gasteiger partial charge in [-0.1, -0.05) is 32.5 Å². The molecule has 0 aliphatic carbocycles. The Hall–Kier alpha value is -0.0200. The summed E-state index contributed by atoms with van der Waals surface area (Å²) < 4.78 is 0. The predicted molar refractivity (Wildman–Crippen MR) is 50.8 cm³/mol. The number of hydrogen-bond donors (Lipinski definition) is 1. The van der Waals surface area contributed by atoms with Crippen molar-refractivity contribution < 1.29 is 4.79 Å². The molecule has 0 atom stereocenters. The average Bonchev–Trinajstić information content (AvgIpc) is 1.86. The van der Waals surface area contributed by atoms with Crippen molar-refractivity contribution in [3.05, 3.63) is 0 Å². The normalized spacial score (nSPS) is 11.6. The lowest BCUT2D eigenvalue weighted by molar-refractivity contribution is -0.117. The maximum atomic E-state index is 11.3. The van der Waals surface area contributed by atoms with E-state index in [1.54, 1.807) is 0 Å². The van der Waals surface area contributed by atoms with Crippen molar-refractivity contribution in [2.24, 2.45) is 5.41 Å². The molecular formula is C8H17NOS. The highest BCUT2D eigenvalue weighted by Crippen LogP contribution is 2.22. The van der Waals surface area contributed by atoms with Crippen molar-refractivity contribution >= 4 is 16.9 Å². The molecule has 0 aliphatic heterocycles. The third-order valence-corrected chi connectivity index (χ3v) is 2.48. The summed E-state index contributed by atoms with van der Waals surface area (Å²) in [5.41, 5.74) is -0.196. The molecule has 1 N–H and O–H groups in total. The van der Waals surface area contributed by atoms with E-state index in [1.807, 2.05) is 27.8 Å². The van der Waals surface area contributed by atoms with Crippen LogP contribution in [0.15, 0.2) is 0 Å². The van der Waals surface area contributed by atoms with E-state index in [0.717, 1.165) is 12.3 Å². The van der Waals surface area contributed by atoms with Gasteiger partial charge < -0.3 is 5.32 Å². The van der Waals surface area contributed by atoms with Crippen molar-refractivity contribution in [1.82, 2.24) is 5.32 Å². The Kier molecular flexibility index (Phi) is 4.77. The van der Waals surface area contributed by atoms with Crippen LogP contribution in [-0.4, -0.2) is 24.5 Å². The van der Waals surface area contributed by atoms with Crippen molar-refractivity contribution in [3.8, 4) is 0 Å². The van der Waals surface area contributed by atoms with E-state index in [1.165, 1.54) is 11.8 Å². The monoisotopic (exact) mass is 175 g/mol. The Morgan fingerprint density at radius 3 is 2.36 bits per heavy atom. The highest BCUT2D eigenvalue weighted by atomic mass is 32.2. The fourth-order valence-electron chi connectivity index (χ4n) is 0.462. The minimum absolute atomic E-state index is 0.196. The van der Waals surface area contributed by atoms with Gasteiger partial charge in [-0.15, -0.1) is 0 Å². The summed E-state index contributed by atoms with van der Waals surface area (Å²) in [6, 6.07) is 0. The van der Waals surface area contributed by atoms with Crippen LogP contribution in [0.5, 0.6) is 0 Å². The molecule has 3 heteroatoms. The molecule has 0 fully saturated rings. The van der Waals surface area contributed by atoms with Gasteiger partial charge in [-0.25, -0.2) is 0 Å². The maximum Gasteiger partial charge on any atom is 0.194 e. The molecule has 0 radical (unpaired) electrons. The molecule has 0 saturated heterocycles. The fraction of sp³-hybridized carbons (Fsp3) is 0.875. The summed E-state index contributed by atoms with van der Waals surface area (Å²) in [6.07, 6.45) is 0. The lowest BCUT2D eigenvalue weighted by atomic mass is 10.00. The Balaban J connectivity index is 3.54. The van der Waals surface area contributed by atoms with Crippen LogP contribution in [0.1, 0.15) is 20.8 Å². The molecule has 11 heavy (non-hydrogen) atoms. The smallest absolute Gasteiger partial charge is 0.194 e. The van der Waals surface area contributed by atoms with Crippen molar-refractivity contribution in [2.45, 2.75) is 20.8 Å². The maximum absolute atomic E-state index is 11.3. The first-order valence-electron chi connectivity index (χ1n) is 3.80. The molecule has 0 saturated carbocycles. The summed E-state index contributed by atoms with van der Waals surface area (Å²) in [5.74, 6) is 0.868. The van der Waals surface area contributed by atoms with Crippen molar-refractivity contribution in [1.29, 1.82) is 0 Å². The zero-order chi connectivity index (χ0) is 8.91. The number of nitrogens with one attached hydrogen (secondary N) is 1. The zero-order valence-electron chi connectivity index (χ0n) is 7.73. The van der Waals surface area contributed by atoms with E-state index in [-0.39, 0.29) is 10.5 Å². The Labute approximate surface area is 73.1 Å². The first-order chi connectivity index (χ1) is 4.98. The van der Waals surface area contributed by atoms with Gasteiger partial charge in [-0.2, -0.15) is 0 Å². The van der Waals surface area contributed by atoms with Gasteiger partial charge in [0.05, 0.1) is 0 Å². The molecule has 0 aliphatic rings. The molecule has 0 aromatic carbocycles. The molecule has 0 aromatic rings. The van der Waals surface area contributed by atoms with Crippen molar-refractivity contribution in [3.63, 3.8) is 0 Å². The van der Waals surface area contributed by atoms with E-state index < -0.39 is 0 Å². The van der Waals surface area contributed by atoms with E-state index >= 15 is 0 Å². The standard InChI is InChI=1S/C8H17NOS/c1-8(2,3)7(10)11-6-5-9-4/h9H,5-6H2,1-4H3. The molecule has 0 aromatic heterocycles. The predicted octanol–water partition coefficient (Wildman–Crippen LogP) is 1.51. The molecule has 66 valence electrons. The van der Waals surface area contributed by atoms with Crippen LogP contribution in [0.25, 0.3) is 0 Å². The summed E-state index contributed by atoms with van der Waals surface area (Å²) in [7, 11) is 1.89. The number of rotatable bonds is 3. The third-order valence-electron chi connectivity index (χ3n) is 1.20. The van der Waals surface area contributed by atoms with Crippen LogP contribution < -0.4 is 5.32 Å². The Bertz CT molecular complexity index is 129.